The van der Waals surface area contributed by atoms with Gasteiger partial charge >= 0.3 is 12.2 Å². The highest BCUT2D eigenvalue weighted by molar-refractivity contribution is 5.72. The van der Waals surface area contributed by atoms with Crippen molar-refractivity contribution in [3.8, 4) is 5.75 Å². The molecule has 1 saturated heterocycles. The smallest absolute Gasteiger partial charge is 0.415 e. The number of likely N-dealkylation sites (N-methyl/N-ethyl adjacent to an activating group) is 1. The van der Waals surface area contributed by atoms with Gasteiger partial charge in [-0.05, 0) is 39.3 Å². The molecule has 0 bridgehead atoms. The standard InChI is InChI=1S/C17H23N3O6/c1-17(2,3)26-16(22)19-10-9-13(11-19)18(4)15(21)25-14-7-5-12(6-8-14)20(23)24/h5-8,13H,9-11H2,1-4H3. The van der Waals surface area contributed by atoms with Crippen molar-refractivity contribution in [3.05, 3.63) is 34.4 Å². The van der Waals surface area contributed by atoms with Gasteiger partial charge in [0.1, 0.15) is 11.4 Å². The molecular formula is C17H23N3O6. The first-order valence-electron chi connectivity index (χ1n) is 8.24. The van der Waals surface area contributed by atoms with E-state index in [0.29, 0.717) is 19.5 Å². The molecule has 0 saturated carbocycles. The van der Waals surface area contributed by atoms with E-state index in [2.05, 4.69) is 0 Å². The first-order valence-corrected chi connectivity index (χ1v) is 8.24. The number of rotatable bonds is 3. The van der Waals surface area contributed by atoms with Gasteiger partial charge in [0.05, 0.1) is 11.0 Å². The molecule has 2 amide bonds. The molecule has 2 rings (SSSR count). The maximum absolute atomic E-state index is 12.3. The number of ether oxygens (including phenoxy) is 2. The Bertz CT molecular complexity index is 683. The first kappa shape index (κ1) is 19.5. The van der Waals surface area contributed by atoms with Crippen LogP contribution in [0.1, 0.15) is 27.2 Å². The number of carbonyl (C=O) groups is 2. The molecule has 1 heterocycles. The quantitative estimate of drug-likeness (QED) is 0.602. The molecule has 26 heavy (non-hydrogen) atoms. The Morgan fingerprint density at radius 1 is 1.27 bits per heavy atom. The van der Waals surface area contributed by atoms with Crippen molar-refractivity contribution in [1.29, 1.82) is 0 Å². The van der Waals surface area contributed by atoms with E-state index in [9.17, 15) is 19.7 Å². The summed E-state index contributed by atoms with van der Waals surface area (Å²) in [6, 6.07) is 5.08. The Morgan fingerprint density at radius 2 is 1.88 bits per heavy atom. The van der Waals surface area contributed by atoms with Gasteiger partial charge in [0.15, 0.2) is 0 Å². The summed E-state index contributed by atoms with van der Waals surface area (Å²) in [4.78, 5) is 37.4. The molecule has 1 aromatic carbocycles. The highest BCUT2D eigenvalue weighted by atomic mass is 16.6. The van der Waals surface area contributed by atoms with Gasteiger partial charge in [-0.25, -0.2) is 9.59 Å². The molecule has 1 aliphatic heterocycles. The van der Waals surface area contributed by atoms with E-state index in [4.69, 9.17) is 9.47 Å². The fourth-order valence-electron chi connectivity index (χ4n) is 2.51. The largest absolute Gasteiger partial charge is 0.444 e. The van der Waals surface area contributed by atoms with E-state index < -0.39 is 22.7 Å². The van der Waals surface area contributed by atoms with E-state index in [1.54, 1.807) is 32.7 Å². The minimum Gasteiger partial charge on any atom is -0.444 e. The number of amides is 2. The summed E-state index contributed by atoms with van der Waals surface area (Å²) < 4.78 is 10.6. The second-order valence-electron chi connectivity index (χ2n) is 7.10. The van der Waals surface area contributed by atoms with Crippen LogP contribution in [0.5, 0.6) is 5.75 Å². The zero-order valence-electron chi connectivity index (χ0n) is 15.3. The summed E-state index contributed by atoms with van der Waals surface area (Å²) in [5, 5.41) is 10.6. The predicted molar refractivity (Wildman–Crippen MR) is 93.1 cm³/mol. The van der Waals surface area contributed by atoms with Crippen LogP contribution in [0.15, 0.2) is 24.3 Å². The third-order valence-corrected chi connectivity index (χ3v) is 3.90. The number of hydrogen-bond donors (Lipinski definition) is 0. The lowest BCUT2D eigenvalue weighted by atomic mass is 10.2. The lowest BCUT2D eigenvalue weighted by molar-refractivity contribution is -0.384. The van der Waals surface area contributed by atoms with Crippen LogP contribution in [0.25, 0.3) is 0 Å². The first-order chi connectivity index (χ1) is 12.1. The van der Waals surface area contributed by atoms with Gasteiger partial charge in [0.25, 0.3) is 5.69 Å². The number of non-ortho nitro benzene ring substituents is 1. The number of nitro benzene ring substituents is 1. The summed E-state index contributed by atoms with van der Waals surface area (Å²) >= 11 is 0. The van der Waals surface area contributed by atoms with Gasteiger partial charge in [0.2, 0.25) is 0 Å². The number of nitrogens with zero attached hydrogens (tertiary/aromatic N) is 3. The lowest BCUT2D eigenvalue weighted by Crippen LogP contribution is -2.42. The monoisotopic (exact) mass is 365 g/mol. The minimum atomic E-state index is -0.588. The van der Waals surface area contributed by atoms with Gasteiger partial charge in [-0.1, -0.05) is 0 Å². The number of carbonyl (C=O) groups excluding carboxylic acids is 2. The third kappa shape index (κ3) is 5.08. The molecule has 9 heteroatoms. The van der Waals surface area contributed by atoms with E-state index in [0.717, 1.165) is 0 Å². The highest BCUT2D eigenvalue weighted by Crippen LogP contribution is 2.21. The van der Waals surface area contributed by atoms with Gasteiger partial charge < -0.3 is 19.3 Å². The van der Waals surface area contributed by atoms with Crippen LogP contribution in [0, 0.1) is 10.1 Å². The third-order valence-electron chi connectivity index (χ3n) is 3.90. The van der Waals surface area contributed by atoms with Crippen LogP contribution in [-0.4, -0.2) is 58.7 Å². The van der Waals surface area contributed by atoms with E-state index in [1.165, 1.54) is 29.2 Å². The van der Waals surface area contributed by atoms with E-state index in [1.807, 2.05) is 0 Å². The van der Waals surface area contributed by atoms with Crippen molar-refractivity contribution < 1.29 is 24.0 Å². The average Bonchev–Trinajstić information content (AvgIpc) is 3.03. The molecule has 0 spiro atoms. The molecule has 0 radical (unpaired) electrons. The van der Waals surface area contributed by atoms with Crippen LogP contribution >= 0.6 is 0 Å². The molecule has 0 aromatic heterocycles. The van der Waals surface area contributed by atoms with Crippen molar-refractivity contribution in [1.82, 2.24) is 9.80 Å². The fraction of sp³-hybridized carbons (Fsp3) is 0.529. The Morgan fingerprint density at radius 3 is 2.42 bits per heavy atom. The van der Waals surface area contributed by atoms with Crippen LogP contribution in [0.2, 0.25) is 0 Å². The Balaban J connectivity index is 1.90. The number of benzene rings is 1. The molecule has 9 nitrogen and oxygen atoms in total. The second kappa shape index (κ2) is 7.59. The van der Waals surface area contributed by atoms with Crippen LogP contribution < -0.4 is 4.74 Å². The predicted octanol–water partition coefficient (Wildman–Crippen LogP) is 3.03. The Hall–Kier alpha value is -2.84. The van der Waals surface area contributed by atoms with Crippen molar-refractivity contribution in [3.63, 3.8) is 0 Å². The maximum Gasteiger partial charge on any atom is 0.415 e. The van der Waals surface area contributed by atoms with Gasteiger partial charge in [-0.2, -0.15) is 0 Å². The molecule has 0 N–H and O–H groups in total. The molecule has 1 fully saturated rings. The van der Waals surface area contributed by atoms with Gasteiger partial charge in [0, 0.05) is 32.3 Å². The maximum atomic E-state index is 12.3. The molecule has 142 valence electrons. The summed E-state index contributed by atoms with van der Waals surface area (Å²) in [6.07, 6.45) is -0.377. The molecular weight excluding hydrogens is 342 g/mol. The molecule has 1 atom stereocenters. The Labute approximate surface area is 151 Å². The summed E-state index contributed by atoms with van der Waals surface area (Å²) in [5.41, 5.74) is -0.655. The van der Waals surface area contributed by atoms with Crippen molar-refractivity contribution in [2.45, 2.75) is 38.8 Å². The molecule has 0 aliphatic carbocycles. The van der Waals surface area contributed by atoms with E-state index >= 15 is 0 Å². The zero-order valence-corrected chi connectivity index (χ0v) is 15.3. The minimum absolute atomic E-state index is 0.0815. The van der Waals surface area contributed by atoms with Crippen molar-refractivity contribution in [2.75, 3.05) is 20.1 Å². The van der Waals surface area contributed by atoms with Crippen LogP contribution in [-0.2, 0) is 4.74 Å². The number of likely N-dealkylation sites (tertiary alicyclic amines) is 1. The average molecular weight is 365 g/mol. The number of hydrogen-bond acceptors (Lipinski definition) is 6. The lowest BCUT2D eigenvalue weighted by Gasteiger charge is -2.26. The van der Waals surface area contributed by atoms with Gasteiger partial charge in [-0.3, -0.25) is 10.1 Å². The van der Waals surface area contributed by atoms with Crippen LogP contribution in [0.3, 0.4) is 0 Å². The molecule has 1 aliphatic rings. The number of nitro groups is 1. The van der Waals surface area contributed by atoms with Gasteiger partial charge in [-0.15, -0.1) is 0 Å². The summed E-state index contributed by atoms with van der Waals surface area (Å²) in [5.74, 6) is 0.217. The van der Waals surface area contributed by atoms with E-state index in [-0.39, 0.29) is 17.5 Å². The fourth-order valence-corrected chi connectivity index (χ4v) is 2.51. The van der Waals surface area contributed by atoms with Crippen LogP contribution in [0.4, 0.5) is 15.3 Å². The molecule has 1 aromatic rings. The second-order valence-corrected chi connectivity index (χ2v) is 7.10. The normalized spacial score (nSPS) is 16.9. The molecule has 1 unspecified atom stereocenters. The topological polar surface area (TPSA) is 102 Å². The van der Waals surface area contributed by atoms with Crippen molar-refractivity contribution >= 4 is 17.9 Å². The zero-order chi connectivity index (χ0) is 19.5. The highest BCUT2D eigenvalue weighted by Gasteiger charge is 2.34. The summed E-state index contributed by atoms with van der Waals surface area (Å²) in [7, 11) is 1.59. The summed E-state index contributed by atoms with van der Waals surface area (Å²) in [6.45, 7) is 6.25. The Kier molecular flexibility index (Phi) is 5.69. The van der Waals surface area contributed by atoms with Crippen molar-refractivity contribution in [2.24, 2.45) is 0 Å². The SMILES string of the molecule is CN(C(=O)Oc1ccc([N+](=O)[O-])cc1)C1CCN(C(=O)OC(C)(C)C)C1.